The van der Waals surface area contributed by atoms with Gasteiger partial charge in [0.05, 0.1) is 6.54 Å². The summed E-state index contributed by atoms with van der Waals surface area (Å²) in [6, 6.07) is 15.1. The van der Waals surface area contributed by atoms with Gasteiger partial charge in [-0.1, -0.05) is 30.3 Å². The minimum absolute atomic E-state index is 0.134. The normalized spacial score (nSPS) is 24.4. The molecule has 0 saturated carbocycles. The standard InChI is InChI=1S/C21H22N4O3/c1-14-3-2-12-25(18(14)26)13-21(19(27)23-20(28)24-21)17-6-4-15(5-7-17)16-8-10-22-11-9-16/h2-12,19-20,23-24,27-28H,13H2,1H3. The fourth-order valence-electron chi connectivity index (χ4n) is 3.68. The van der Waals surface area contributed by atoms with E-state index in [1.54, 1.807) is 42.2 Å². The molecule has 144 valence electrons. The molecule has 1 aliphatic heterocycles. The topological polar surface area (TPSA) is 99.4 Å². The van der Waals surface area contributed by atoms with Crippen LogP contribution in [0.25, 0.3) is 11.1 Å². The van der Waals surface area contributed by atoms with Crippen molar-refractivity contribution >= 4 is 0 Å². The molecule has 0 aliphatic carbocycles. The highest BCUT2D eigenvalue weighted by Crippen LogP contribution is 2.32. The Kier molecular flexibility index (Phi) is 4.82. The van der Waals surface area contributed by atoms with Gasteiger partial charge in [-0.3, -0.25) is 20.4 Å². The Bertz CT molecular complexity index is 1020. The van der Waals surface area contributed by atoms with Crippen molar-refractivity contribution in [2.45, 2.75) is 31.6 Å². The number of nitrogens with zero attached hydrogens (tertiary/aromatic N) is 2. The monoisotopic (exact) mass is 378 g/mol. The maximum Gasteiger partial charge on any atom is 0.253 e. The van der Waals surface area contributed by atoms with E-state index in [-0.39, 0.29) is 12.1 Å². The van der Waals surface area contributed by atoms with E-state index in [0.717, 1.165) is 16.7 Å². The Balaban J connectivity index is 1.75. The quantitative estimate of drug-likeness (QED) is 0.538. The molecule has 3 heterocycles. The van der Waals surface area contributed by atoms with Crippen LogP contribution < -0.4 is 16.2 Å². The fraction of sp³-hybridized carbons (Fsp3) is 0.238. The highest BCUT2D eigenvalue weighted by Gasteiger charge is 2.47. The van der Waals surface area contributed by atoms with Crippen molar-refractivity contribution in [2.75, 3.05) is 0 Å². The van der Waals surface area contributed by atoms with Gasteiger partial charge in [0.25, 0.3) is 5.56 Å². The van der Waals surface area contributed by atoms with Gasteiger partial charge in [0, 0.05) is 24.2 Å². The molecule has 1 saturated heterocycles. The second-order valence-electron chi connectivity index (χ2n) is 7.02. The first kappa shape index (κ1) is 18.5. The summed E-state index contributed by atoms with van der Waals surface area (Å²) in [7, 11) is 0. The number of hydrogen-bond donors (Lipinski definition) is 4. The van der Waals surface area contributed by atoms with Gasteiger partial charge in [0.15, 0.2) is 6.35 Å². The zero-order valence-corrected chi connectivity index (χ0v) is 15.4. The van der Waals surface area contributed by atoms with E-state index in [9.17, 15) is 15.0 Å². The highest BCUT2D eigenvalue weighted by atomic mass is 16.3. The smallest absolute Gasteiger partial charge is 0.253 e. The molecule has 0 amide bonds. The third-order valence-corrected chi connectivity index (χ3v) is 5.22. The van der Waals surface area contributed by atoms with Crippen molar-refractivity contribution in [3.8, 4) is 11.1 Å². The summed E-state index contributed by atoms with van der Waals surface area (Å²) in [6.07, 6.45) is 2.98. The van der Waals surface area contributed by atoms with Crippen molar-refractivity contribution in [2.24, 2.45) is 0 Å². The number of aromatic nitrogens is 2. The van der Waals surface area contributed by atoms with E-state index >= 15 is 0 Å². The minimum atomic E-state index is -1.09. The molecule has 0 radical (unpaired) electrons. The molecule has 1 aliphatic rings. The first-order valence-electron chi connectivity index (χ1n) is 9.06. The minimum Gasteiger partial charge on any atom is -0.376 e. The molecule has 3 unspecified atom stereocenters. The van der Waals surface area contributed by atoms with Crippen molar-refractivity contribution in [3.05, 3.63) is 88.6 Å². The molecule has 4 N–H and O–H groups in total. The van der Waals surface area contributed by atoms with Gasteiger partial charge in [0.1, 0.15) is 11.8 Å². The van der Waals surface area contributed by atoms with Crippen LogP contribution in [0, 0.1) is 6.92 Å². The van der Waals surface area contributed by atoms with Gasteiger partial charge >= 0.3 is 0 Å². The number of pyridine rings is 2. The maximum absolute atomic E-state index is 12.5. The Morgan fingerprint density at radius 2 is 1.75 bits per heavy atom. The number of hydrogen-bond acceptors (Lipinski definition) is 6. The number of aliphatic hydroxyl groups is 2. The molecular formula is C21H22N4O3. The first-order valence-corrected chi connectivity index (χ1v) is 9.06. The van der Waals surface area contributed by atoms with Gasteiger partial charge in [0.2, 0.25) is 0 Å². The first-order chi connectivity index (χ1) is 13.5. The van der Waals surface area contributed by atoms with Crippen LogP contribution in [0.4, 0.5) is 0 Å². The van der Waals surface area contributed by atoms with Crippen LogP contribution >= 0.6 is 0 Å². The molecule has 7 heteroatoms. The molecule has 1 fully saturated rings. The molecule has 7 nitrogen and oxygen atoms in total. The number of aryl methyl sites for hydroxylation is 1. The molecule has 28 heavy (non-hydrogen) atoms. The molecular weight excluding hydrogens is 356 g/mol. The predicted molar refractivity (Wildman–Crippen MR) is 105 cm³/mol. The van der Waals surface area contributed by atoms with E-state index in [0.29, 0.717) is 5.56 Å². The number of benzene rings is 1. The summed E-state index contributed by atoms with van der Waals surface area (Å²) in [5.41, 5.74) is 2.22. The van der Waals surface area contributed by atoms with Gasteiger partial charge in [-0.25, -0.2) is 0 Å². The second-order valence-corrected chi connectivity index (χ2v) is 7.02. The van der Waals surface area contributed by atoms with Crippen LogP contribution in [0.1, 0.15) is 11.1 Å². The summed E-state index contributed by atoms with van der Waals surface area (Å²) in [4.78, 5) is 16.6. The second kappa shape index (κ2) is 7.29. The lowest BCUT2D eigenvalue weighted by atomic mass is 9.87. The number of nitrogens with one attached hydrogen (secondary N) is 2. The van der Waals surface area contributed by atoms with E-state index in [2.05, 4.69) is 15.6 Å². The van der Waals surface area contributed by atoms with Crippen LogP contribution in [0.2, 0.25) is 0 Å². The van der Waals surface area contributed by atoms with Gasteiger partial charge < -0.3 is 14.8 Å². The SMILES string of the molecule is Cc1cccn(CC2(c3ccc(-c4ccncc4)cc3)NC(O)NC2O)c1=O. The summed E-state index contributed by atoms with van der Waals surface area (Å²) < 4.78 is 1.54. The number of aliphatic hydroxyl groups excluding tert-OH is 2. The van der Waals surface area contributed by atoms with E-state index in [1.165, 1.54) is 0 Å². The molecule has 1 aromatic carbocycles. The Hall–Kier alpha value is -2.84. The lowest BCUT2D eigenvalue weighted by Crippen LogP contribution is -2.51. The van der Waals surface area contributed by atoms with Crippen LogP contribution in [0.3, 0.4) is 0 Å². The molecule has 3 atom stereocenters. The average molecular weight is 378 g/mol. The zero-order chi connectivity index (χ0) is 19.7. The number of rotatable bonds is 4. The van der Waals surface area contributed by atoms with Crippen LogP contribution in [0.5, 0.6) is 0 Å². The third-order valence-electron chi connectivity index (χ3n) is 5.22. The van der Waals surface area contributed by atoms with Crippen molar-refractivity contribution < 1.29 is 10.2 Å². The summed E-state index contributed by atoms with van der Waals surface area (Å²) >= 11 is 0. The summed E-state index contributed by atoms with van der Waals surface area (Å²) in [5, 5.41) is 26.5. The Labute approximate surface area is 162 Å². The predicted octanol–water partition coefficient (Wildman–Crippen LogP) is 0.901. The van der Waals surface area contributed by atoms with Crippen LogP contribution in [0.15, 0.2) is 71.9 Å². The van der Waals surface area contributed by atoms with Crippen molar-refractivity contribution in [1.82, 2.24) is 20.2 Å². The van der Waals surface area contributed by atoms with Gasteiger partial charge in [-0.05, 0) is 41.8 Å². The summed E-state index contributed by atoms with van der Waals surface area (Å²) in [5.74, 6) is 0. The lowest BCUT2D eigenvalue weighted by Gasteiger charge is -2.33. The van der Waals surface area contributed by atoms with Crippen LogP contribution in [-0.2, 0) is 12.1 Å². The van der Waals surface area contributed by atoms with Gasteiger partial charge in [-0.2, -0.15) is 0 Å². The maximum atomic E-state index is 12.5. The summed E-state index contributed by atoms with van der Waals surface area (Å²) in [6.45, 7) is 1.91. The van der Waals surface area contributed by atoms with Crippen molar-refractivity contribution in [1.29, 1.82) is 0 Å². The molecule has 2 aromatic heterocycles. The van der Waals surface area contributed by atoms with Crippen molar-refractivity contribution in [3.63, 3.8) is 0 Å². The average Bonchev–Trinajstić information content (AvgIpc) is 3.00. The molecule has 3 aromatic rings. The van der Waals surface area contributed by atoms with Gasteiger partial charge in [-0.15, -0.1) is 0 Å². The van der Waals surface area contributed by atoms with E-state index in [1.807, 2.05) is 36.4 Å². The van der Waals surface area contributed by atoms with Crippen LogP contribution in [-0.4, -0.2) is 32.3 Å². The fourth-order valence-corrected chi connectivity index (χ4v) is 3.68. The highest BCUT2D eigenvalue weighted by molar-refractivity contribution is 5.63. The zero-order valence-electron chi connectivity index (χ0n) is 15.4. The lowest BCUT2D eigenvalue weighted by molar-refractivity contribution is 0.0634. The Morgan fingerprint density at radius 1 is 1.07 bits per heavy atom. The Morgan fingerprint density at radius 3 is 2.39 bits per heavy atom. The van der Waals surface area contributed by atoms with E-state index in [4.69, 9.17) is 0 Å². The largest absolute Gasteiger partial charge is 0.376 e. The molecule has 0 spiro atoms. The van der Waals surface area contributed by atoms with E-state index < -0.39 is 18.1 Å². The molecule has 4 rings (SSSR count). The molecule has 0 bridgehead atoms. The third kappa shape index (κ3) is 3.25.